The van der Waals surface area contributed by atoms with Crippen LogP contribution in [0.25, 0.3) is 16.8 Å². The summed E-state index contributed by atoms with van der Waals surface area (Å²) in [7, 11) is -10.7. The number of phosphoric ester groups is 2. The molecule has 0 bridgehead atoms. The van der Waals surface area contributed by atoms with Crippen molar-refractivity contribution in [1.29, 1.82) is 0 Å². The van der Waals surface area contributed by atoms with Gasteiger partial charge in [-0.05, 0) is 0 Å². The predicted molar refractivity (Wildman–Crippen MR) is 149 cm³/mol. The first-order valence-electron chi connectivity index (χ1n) is 13.6. The van der Waals surface area contributed by atoms with Crippen molar-refractivity contribution in [3.05, 3.63) is 55.1 Å². The van der Waals surface area contributed by atoms with Gasteiger partial charge < -0.3 is 39.7 Å². The summed E-state index contributed by atoms with van der Waals surface area (Å²) < 4.78 is 54.2. The van der Waals surface area contributed by atoms with Crippen molar-refractivity contribution < 1.29 is 71.5 Å². The van der Waals surface area contributed by atoms with Crippen molar-refractivity contribution in [2.24, 2.45) is 5.84 Å². The molecular weight excluding hydrogens is 674 g/mol. The lowest BCUT2D eigenvalue weighted by atomic mass is 10.1. The number of nitrogen functional groups attached to an aromatic ring is 1. The normalized spacial score (nSPS) is 30.4. The van der Waals surface area contributed by atoms with Crippen LogP contribution < -0.4 is 15.8 Å². The highest BCUT2D eigenvalue weighted by Crippen LogP contribution is 2.60. The minimum Gasteiger partial charge on any atom is -0.387 e. The average molecular weight is 703 g/mol. The van der Waals surface area contributed by atoms with Crippen LogP contribution in [0.3, 0.4) is 0 Å². The third-order valence-corrected chi connectivity index (χ3v) is 10.1. The Morgan fingerprint density at radius 2 is 1.55 bits per heavy atom. The molecular formula is C23H29N8O14P2+. The second-order valence-corrected chi connectivity index (χ2v) is 13.5. The summed E-state index contributed by atoms with van der Waals surface area (Å²) in [5.41, 5.74) is 3.26. The average Bonchev–Trinajstić information content (AvgIpc) is 3.81. The molecule has 4 aromatic rings. The predicted octanol–water partition coefficient (Wildman–Crippen LogP) is -2.84. The fourth-order valence-corrected chi connectivity index (χ4v) is 7.19. The molecule has 0 aliphatic carbocycles. The molecule has 0 aromatic carbocycles. The summed E-state index contributed by atoms with van der Waals surface area (Å²) in [6.07, 6.45) is -3.00. The Morgan fingerprint density at radius 3 is 2.21 bits per heavy atom. The van der Waals surface area contributed by atoms with Crippen LogP contribution >= 0.6 is 15.6 Å². The van der Waals surface area contributed by atoms with E-state index in [0.29, 0.717) is 11.2 Å². The monoisotopic (exact) mass is 703 g/mol. The first kappa shape index (κ1) is 33.6. The van der Waals surface area contributed by atoms with E-state index >= 15 is 0 Å². The number of nitrogens with zero attached hydrogens (tertiary/aromatic N) is 6. The molecule has 2 fully saturated rings. The maximum absolute atomic E-state index is 12.5. The number of aliphatic hydroxyl groups is 4. The number of carbonyl (C=O) groups is 1. The third-order valence-electron chi connectivity index (χ3n) is 7.45. The quantitative estimate of drug-likeness (QED) is 0.0256. The molecule has 2 saturated heterocycles. The van der Waals surface area contributed by atoms with E-state index in [0.717, 1.165) is 0 Å². The van der Waals surface area contributed by atoms with Crippen LogP contribution in [0.1, 0.15) is 22.8 Å². The maximum atomic E-state index is 12.5. The summed E-state index contributed by atoms with van der Waals surface area (Å²) in [6, 6.07) is 2.71. The third kappa shape index (κ3) is 6.70. The van der Waals surface area contributed by atoms with E-state index in [4.69, 9.17) is 24.4 Å². The lowest BCUT2D eigenvalue weighted by molar-refractivity contribution is -0.765. The molecule has 4 aromatic heterocycles. The molecule has 10 atom stereocenters. The Bertz CT molecular complexity index is 1860. The van der Waals surface area contributed by atoms with Crippen molar-refractivity contribution in [3.63, 3.8) is 0 Å². The van der Waals surface area contributed by atoms with Crippen LogP contribution in [0.15, 0.2) is 49.6 Å². The van der Waals surface area contributed by atoms with Gasteiger partial charge in [0.15, 0.2) is 41.5 Å². The minimum atomic E-state index is -5.37. The molecule has 0 radical (unpaired) electrons. The number of aliphatic hydroxyl groups excluding tert-OH is 4. The molecule has 0 saturated carbocycles. The van der Waals surface area contributed by atoms with E-state index in [2.05, 4.69) is 19.3 Å². The number of nitrogens with one attached hydrogen (secondary N) is 1. The second kappa shape index (κ2) is 13.0. The molecule has 47 heavy (non-hydrogen) atoms. The number of carbonyl (C=O) groups excluding carboxylic acids is 1. The highest BCUT2D eigenvalue weighted by Gasteiger charge is 2.50. The number of phosphoric acid groups is 2. The highest BCUT2D eigenvalue weighted by molar-refractivity contribution is 7.61. The topological polar surface area (TPSA) is 309 Å². The van der Waals surface area contributed by atoms with E-state index in [1.165, 1.54) is 46.3 Å². The Balaban J connectivity index is 1.03. The van der Waals surface area contributed by atoms with Gasteiger partial charge in [-0.15, -0.1) is 0 Å². The lowest BCUT2D eigenvalue weighted by Gasteiger charge is -2.20. The number of hydrogen-bond acceptors (Lipinski definition) is 16. The fourth-order valence-electron chi connectivity index (χ4n) is 5.10. The number of aromatic nitrogens is 6. The standard InChI is InChI=1S/C23H28N8O14P2/c24-28-21(36)11-1-4-29(5-2-11)22-17(34)15(32)12(43-22)7-41-46(37,38)45-47(39,40)42-8-13-16(33)18(35)23(44-13)31-10-26-14-19-25-3-6-30(19)9-27-20(14)31/h1-6,9-10,12-13,15-18,22-24,32-35H,7-8H2,(H3,36,37,38,39,40)/p+1/t12-,13-,15-,16-,17-,18-,22-,23?/m1/s1. The molecule has 22 nitrogen and oxygen atoms in total. The number of fused-ring (bicyclic) bond motifs is 3. The Labute approximate surface area is 262 Å². The number of ether oxygens (including phenoxy) is 2. The van der Waals surface area contributed by atoms with Gasteiger partial charge >= 0.3 is 15.6 Å². The molecule has 0 spiro atoms. The maximum Gasteiger partial charge on any atom is 0.481 e. The van der Waals surface area contributed by atoms with E-state index in [1.807, 2.05) is 5.43 Å². The SMILES string of the molecule is NNC(=O)c1cc[n+]([C@@H]2O[C@H](COP(=O)(O)OP(=O)(O)OC[C@H]3OC(n4cnc5c4ncn4ccnc54)[C@H](O)[C@@H]3O)[C@@H](O)[C@H]2O)cc1. The zero-order valence-electron chi connectivity index (χ0n) is 23.8. The Morgan fingerprint density at radius 1 is 0.915 bits per heavy atom. The highest BCUT2D eigenvalue weighted by atomic mass is 31.3. The zero-order valence-corrected chi connectivity index (χ0v) is 25.5. The van der Waals surface area contributed by atoms with Gasteiger partial charge in [-0.3, -0.25) is 28.2 Å². The molecule has 6 heterocycles. The van der Waals surface area contributed by atoms with Crippen LogP contribution in [0.2, 0.25) is 0 Å². The van der Waals surface area contributed by atoms with Gasteiger partial charge in [0.1, 0.15) is 36.8 Å². The Hall–Kier alpha value is -3.31. The number of hydrogen-bond donors (Lipinski definition) is 8. The van der Waals surface area contributed by atoms with Crippen LogP contribution in [0, 0.1) is 0 Å². The van der Waals surface area contributed by atoms with E-state index in [9.17, 15) is 44.1 Å². The van der Waals surface area contributed by atoms with Crippen molar-refractivity contribution in [2.75, 3.05) is 13.2 Å². The van der Waals surface area contributed by atoms with E-state index < -0.39 is 83.8 Å². The van der Waals surface area contributed by atoms with Gasteiger partial charge in [0.05, 0.1) is 25.1 Å². The summed E-state index contributed by atoms with van der Waals surface area (Å²) >= 11 is 0. The second-order valence-electron chi connectivity index (χ2n) is 10.4. The van der Waals surface area contributed by atoms with E-state index in [-0.39, 0.29) is 11.2 Å². The summed E-state index contributed by atoms with van der Waals surface area (Å²) in [4.78, 5) is 44.5. The van der Waals surface area contributed by atoms with Crippen LogP contribution in [0.5, 0.6) is 0 Å². The van der Waals surface area contributed by atoms with E-state index in [1.54, 1.807) is 16.8 Å². The van der Waals surface area contributed by atoms with Crippen LogP contribution in [0.4, 0.5) is 0 Å². The van der Waals surface area contributed by atoms with Crippen molar-refractivity contribution in [2.45, 2.75) is 49.1 Å². The number of amides is 1. The van der Waals surface area contributed by atoms with Gasteiger partial charge in [0, 0.05) is 24.5 Å². The number of rotatable bonds is 11. The number of hydrazine groups is 1. The van der Waals surface area contributed by atoms with Crippen molar-refractivity contribution in [1.82, 2.24) is 29.3 Å². The van der Waals surface area contributed by atoms with Gasteiger partial charge in [-0.25, -0.2) is 29.9 Å². The summed E-state index contributed by atoms with van der Waals surface area (Å²) in [5.74, 6) is 4.51. The molecule has 6 rings (SSSR count). The van der Waals surface area contributed by atoms with Gasteiger partial charge in [-0.1, -0.05) is 0 Å². The minimum absolute atomic E-state index is 0.191. The van der Waals surface area contributed by atoms with Crippen LogP contribution in [-0.2, 0) is 32.0 Å². The molecule has 254 valence electrons. The van der Waals surface area contributed by atoms with Gasteiger partial charge in [-0.2, -0.15) is 8.88 Å². The molecule has 2 aliphatic heterocycles. The molecule has 1 amide bonds. The molecule has 9 N–H and O–H groups in total. The summed E-state index contributed by atoms with van der Waals surface area (Å²) in [5, 5.41) is 41.9. The van der Waals surface area contributed by atoms with Gasteiger partial charge in [0.25, 0.3) is 12.1 Å². The number of nitrogens with two attached hydrogens (primary N) is 1. The van der Waals surface area contributed by atoms with Crippen molar-refractivity contribution >= 4 is 38.4 Å². The van der Waals surface area contributed by atoms with Gasteiger partial charge in [0.2, 0.25) is 0 Å². The van der Waals surface area contributed by atoms with Crippen molar-refractivity contribution in [3.8, 4) is 0 Å². The lowest BCUT2D eigenvalue weighted by Crippen LogP contribution is -2.46. The Kier molecular flexibility index (Phi) is 9.25. The molecule has 24 heteroatoms. The number of imidazole rings is 2. The molecule has 3 unspecified atom stereocenters. The number of pyridine rings is 1. The smallest absolute Gasteiger partial charge is 0.387 e. The largest absolute Gasteiger partial charge is 0.481 e. The summed E-state index contributed by atoms with van der Waals surface area (Å²) in [6.45, 7) is -1.76. The first-order valence-corrected chi connectivity index (χ1v) is 16.6. The van der Waals surface area contributed by atoms with Crippen LogP contribution in [-0.4, -0.2) is 110 Å². The fraction of sp³-hybridized carbons (Fsp3) is 0.435. The zero-order chi connectivity index (χ0) is 33.7. The molecule has 2 aliphatic rings. The first-order chi connectivity index (χ1) is 22.3.